The van der Waals surface area contributed by atoms with Gasteiger partial charge in [-0.15, -0.1) is 0 Å². The molecule has 1 fully saturated rings. The summed E-state index contributed by atoms with van der Waals surface area (Å²) in [6.07, 6.45) is 2.91. The van der Waals surface area contributed by atoms with Crippen LogP contribution in [0.4, 0.5) is 20.6 Å². The van der Waals surface area contributed by atoms with Gasteiger partial charge < -0.3 is 15.4 Å². The topological polar surface area (TPSA) is 70.7 Å². The average Bonchev–Trinajstić information content (AvgIpc) is 2.87. The van der Waals surface area contributed by atoms with E-state index in [2.05, 4.69) is 15.5 Å². The number of urea groups is 1. The first kappa shape index (κ1) is 24.4. The summed E-state index contributed by atoms with van der Waals surface area (Å²) in [5.41, 5.74) is 2.70. The van der Waals surface area contributed by atoms with Crippen LogP contribution in [-0.4, -0.2) is 43.5 Å². The summed E-state index contributed by atoms with van der Waals surface area (Å²) in [5.74, 6) is 0.926. The van der Waals surface area contributed by atoms with Gasteiger partial charge in [-0.25, -0.2) is 9.18 Å². The van der Waals surface area contributed by atoms with Crippen molar-refractivity contribution in [3.05, 3.63) is 89.7 Å². The molecule has 35 heavy (non-hydrogen) atoms. The first-order chi connectivity index (χ1) is 17.0. The quantitative estimate of drug-likeness (QED) is 0.415. The fourth-order valence-electron chi connectivity index (χ4n) is 4.41. The lowest BCUT2D eigenvalue weighted by molar-refractivity contribution is 0.0896. The molecule has 7 heteroatoms. The minimum atomic E-state index is -0.430. The molecule has 0 saturated carbocycles. The maximum Gasteiger partial charge on any atom is 0.323 e. The molecule has 3 aromatic carbocycles. The molecule has 0 aromatic heterocycles. The zero-order valence-corrected chi connectivity index (χ0v) is 19.8. The number of benzene rings is 3. The number of piperidine rings is 1. The van der Waals surface area contributed by atoms with Crippen molar-refractivity contribution in [2.24, 2.45) is 5.92 Å². The van der Waals surface area contributed by atoms with Crippen molar-refractivity contribution in [1.29, 1.82) is 0 Å². The molecule has 3 aromatic rings. The Morgan fingerprint density at radius 2 is 1.71 bits per heavy atom. The molecule has 0 spiro atoms. The summed E-state index contributed by atoms with van der Waals surface area (Å²) >= 11 is 0. The van der Waals surface area contributed by atoms with E-state index >= 15 is 0 Å². The zero-order valence-electron chi connectivity index (χ0n) is 19.8. The Labute approximate surface area is 205 Å². The summed E-state index contributed by atoms with van der Waals surface area (Å²) in [5, 5.41) is 5.56. The molecule has 0 atom stereocenters. The van der Waals surface area contributed by atoms with Gasteiger partial charge in [-0.3, -0.25) is 9.69 Å². The number of halogens is 1. The number of carbonyl (C=O) groups excluding carboxylic acids is 2. The molecule has 2 N–H and O–H groups in total. The van der Waals surface area contributed by atoms with Gasteiger partial charge in [0.05, 0.1) is 19.3 Å². The number of Topliss-reactive ketones (excluding diaryl/α,β-unsaturated/α-hetero) is 1. The Hall–Kier alpha value is -3.71. The smallest absolute Gasteiger partial charge is 0.323 e. The van der Waals surface area contributed by atoms with Crippen molar-refractivity contribution in [3.8, 4) is 5.75 Å². The molecule has 1 saturated heterocycles. The number of ketones is 1. The summed E-state index contributed by atoms with van der Waals surface area (Å²) in [7, 11) is 1.56. The minimum absolute atomic E-state index is 0.0285. The third-order valence-electron chi connectivity index (χ3n) is 6.32. The number of anilines is 2. The SMILES string of the molecule is COc1cccc(NC(=O)Nc2ccccc2C(=O)CN2CCC(Cc3ccc(F)cc3)CC2)c1. The van der Waals surface area contributed by atoms with E-state index in [1.165, 1.54) is 12.1 Å². The summed E-state index contributed by atoms with van der Waals surface area (Å²) < 4.78 is 18.3. The van der Waals surface area contributed by atoms with Gasteiger partial charge >= 0.3 is 6.03 Å². The summed E-state index contributed by atoms with van der Waals surface area (Å²) in [6, 6.07) is 20.4. The number of methoxy groups -OCH3 is 1. The molecule has 6 nitrogen and oxygen atoms in total. The molecule has 0 unspecified atom stereocenters. The van der Waals surface area contributed by atoms with Crippen LogP contribution < -0.4 is 15.4 Å². The number of hydrogen-bond donors (Lipinski definition) is 2. The van der Waals surface area contributed by atoms with Crippen LogP contribution in [0, 0.1) is 11.7 Å². The largest absolute Gasteiger partial charge is 0.497 e. The van der Waals surface area contributed by atoms with E-state index in [0.717, 1.165) is 37.9 Å². The Bertz CT molecular complexity index is 1160. The Kier molecular flexibility index (Phi) is 8.11. The number of likely N-dealkylation sites (tertiary alicyclic amines) is 1. The number of amides is 2. The molecule has 1 aliphatic rings. The molecule has 0 aliphatic carbocycles. The highest BCUT2D eigenvalue weighted by Crippen LogP contribution is 2.23. The molecule has 0 bridgehead atoms. The third-order valence-corrected chi connectivity index (χ3v) is 6.32. The summed E-state index contributed by atoms with van der Waals surface area (Å²) in [4.78, 5) is 27.8. The lowest BCUT2D eigenvalue weighted by Crippen LogP contribution is -2.38. The Morgan fingerprint density at radius 1 is 0.971 bits per heavy atom. The van der Waals surface area contributed by atoms with Crippen molar-refractivity contribution in [1.82, 2.24) is 4.90 Å². The second-order valence-electron chi connectivity index (χ2n) is 8.83. The highest BCUT2D eigenvalue weighted by Gasteiger charge is 2.23. The van der Waals surface area contributed by atoms with Crippen LogP contribution in [-0.2, 0) is 6.42 Å². The number of rotatable bonds is 8. The fraction of sp³-hybridized carbons (Fsp3) is 0.286. The molecule has 4 rings (SSSR count). The first-order valence-corrected chi connectivity index (χ1v) is 11.8. The second kappa shape index (κ2) is 11.6. The van der Waals surface area contributed by atoms with E-state index in [1.807, 2.05) is 12.1 Å². The van der Waals surface area contributed by atoms with Crippen LogP contribution >= 0.6 is 0 Å². The number of ether oxygens (including phenoxy) is 1. The highest BCUT2D eigenvalue weighted by molar-refractivity contribution is 6.08. The van der Waals surface area contributed by atoms with Crippen molar-refractivity contribution in [2.45, 2.75) is 19.3 Å². The number of hydrogen-bond acceptors (Lipinski definition) is 4. The van der Waals surface area contributed by atoms with Crippen LogP contribution in [0.15, 0.2) is 72.8 Å². The lowest BCUT2D eigenvalue weighted by atomic mass is 9.90. The van der Waals surface area contributed by atoms with Gasteiger partial charge in [0.1, 0.15) is 11.6 Å². The monoisotopic (exact) mass is 475 g/mol. The molecule has 1 heterocycles. The Balaban J connectivity index is 1.30. The van der Waals surface area contributed by atoms with Crippen molar-refractivity contribution in [3.63, 3.8) is 0 Å². The predicted molar refractivity (Wildman–Crippen MR) is 136 cm³/mol. The van der Waals surface area contributed by atoms with E-state index in [-0.39, 0.29) is 11.6 Å². The van der Waals surface area contributed by atoms with Gasteiger partial charge in [-0.1, -0.05) is 30.3 Å². The van der Waals surface area contributed by atoms with E-state index in [1.54, 1.807) is 55.6 Å². The maximum absolute atomic E-state index is 13.1. The fourth-order valence-corrected chi connectivity index (χ4v) is 4.41. The van der Waals surface area contributed by atoms with Crippen molar-refractivity contribution >= 4 is 23.2 Å². The molecule has 0 radical (unpaired) electrons. The van der Waals surface area contributed by atoms with Gasteiger partial charge in [-0.2, -0.15) is 0 Å². The van der Waals surface area contributed by atoms with E-state index < -0.39 is 6.03 Å². The number of nitrogens with zero attached hydrogens (tertiary/aromatic N) is 1. The van der Waals surface area contributed by atoms with Crippen LogP contribution in [0.25, 0.3) is 0 Å². The minimum Gasteiger partial charge on any atom is -0.497 e. The van der Waals surface area contributed by atoms with E-state index in [9.17, 15) is 14.0 Å². The highest BCUT2D eigenvalue weighted by atomic mass is 19.1. The van der Waals surface area contributed by atoms with Crippen LogP contribution in [0.1, 0.15) is 28.8 Å². The maximum atomic E-state index is 13.1. The van der Waals surface area contributed by atoms with Crippen LogP contribution in [0.5, 0.6) is 5.75 Å². The molecular formula is C28H30FN3O3. The van der Waals surface area contributed by atoms with Gasteiger partial charge in [0, 0.05) is 17.3 Å². The van der Waals surface area contributed by atoms with Gasteiger partial charge in [0.15, 0.2) is 5.78 Å². The number of para-hydroxylation sites is 1. The normalized spacial score (nSPS) is 14.3. The molecule has 2 amide bonds. The molecular weight excluding hydrogens is 445 g/mol. The van der Waals surface area contributed by atoms with E-state index in [0.29, 0.717) is 35.2 Å². The van der Waals surface area contributed by atoms with Gasteiger partial charge in [0.2, 0.25) is 0 Å². The second-order valence-corrected chi connectivity index (χ2v) is 8.83. The van der Waals surface area contributed by atoms with Gasteiger partial charge in [0.25, 0.3) is 0 Å². The standard InChI is InChI=1S/C28H30FN3O3/c1-35-24-6-4-5-23(18-24)30-28(34)31-26-8-3-2-7-25(26)27(33)19-32-15-13-21(14-16-32)17-20-9-11-22(29)12-10-20/h2-12,18,21H,13-17,19H2,1H3,(H2,30,31,34). The average molecular weight is 476 g/mol. The first-order valence-electron chi connectivity index (χ1n) is 11.8. The number of nitrogens with one attached hydrogen (secondary N) is 2. The van der Waals surface area contributed by atoms with E-state index in [4.69, 9.17) is 4.74 Å². The van der Waals surface area contributed by atoms with Gasteiger partial charge in [-0.05, 0) is 80.2 Å². The molecule has 1 aliphatic heterocycles. The summed E-state index contributed by atoms with van der Waals surface area (Å²) in [6.45, 7) is 1.98. The third kappa shape index (κ3) is 6.90. The van der Waals surface area contributed by atoms with Crippen molar-refractivity contribution in [2.75, 3.05) is 37.4 Å². The Morgan fingerprint density at radius 3 is 2.46 bits per heavy atom. The van der Waals surface area contributed by atoms with Crippen LogP contribution in [0.2, 0.25) is 0 Å². The lowest BCUT2D eigenvalue weighted by Gasteiger charge is -2.31. The van der Waals surface area contributed by atoms with Crippen molar-refractivity contribution < 1.29 is 18.7 Å². The molecule has 182 valence electrons. The zero-order chi connectivity index (χ0) is 24.6. The van der Waals surface area contributed by atoms with Crippen LogP contribution in [0.3, 0.4) is 0 Å². The number of carbonyl (C=O) groups is 2. The predicted octanol–water partition coefficient (Wildman–Crippen LogP) is 5.62.